The Labute approximate surface area is 147 Å². The van der Waals surface area contributed by atoms with Crippen molar-refractivity contribution in [2.45, 2.75) is 51.6 Å². The van der Waals surface area contributed by atoms with Gasteiger partial charge in [-0.25, -0.2) is 0 Å². The Morgan fingerprint density at radius 3 is 2.80 bits per heavy atom. The molecular formula is C20H26N2O3. The molecule has 0 spiro atoms. The van der Waals surface area contributed by atoms with Gasteiger partial charge in [0.05, 0.1) is 12.1 Å². The molecule has 0 bridgehead atoms. The Hall–Kier alpha value is -2.14. The predicted molar refractivity (Wildman–Crippen MR) is 99.7 cm³/mol. The first-order valence-electron chi connectivity index (χ1n) is 9.10. The number of hydrogen-bond acceptors (Lipinski definition) is 3. The number of rotatable bonds is 6. The number of ether oxygens (including phenoxy) is 1. The Bertz CT molecular complexity index is 791. The fraction of sp³-hybridized carbons (Fsp3) is 0.500. The molecule has 0 atom stereocenters. The van der Waals surface area contributed by atoms with Crippen LogP contribution in [0.5, 0.6) is 0 Å². The first-order valence-corrected chi connectivity index (χ1v) is 9.10. The number of methoxy groups -OCH3 is 1. The van der Waals surface area contributed by atoms with Gasteiger partial charge in [-0.3, -0.25) is 9.59 Å². The van der Waals surface area contributed by atoms with E-state index in [2.05, 4.69) is 10.3 Å². The van der Waals surface area contributed by atoms with Gasteiger partial charge in [-0.1, -0.05) is 38.2 Å². The number of carbonyl (C=O) groups is 1. The smallest absolute Gasteiger partial charge is 0.248 e. The minimum Gasteiger partial charge on any atom is -0.380 e. The highest BCUT2D eigenvalue weighted by Crippen LogP contribution is 2.27. The van der Waals surface area contributed by atoms with Crippen molar-refractivity contribution in [2.24, 2.45) is 5.92 Å². The number of fused-ring (bicyclic) bond motifs is 1. The van der Waals surface area contributed by atoms with E-state index in [-0.39, 0.29) is 11.5 Å². The van der Waals surface area contributed by atoms with Crippen molar-refractivity contribution in [3.8, 4) is 0 Å². The van der Waals surface area contributed by atoms with E-state index in [0.29, 0.717) is 30.1 Å². The van der Waals surface area contributed by atoms with Crippen LogP contribution in [0.3, 0.4) is 0 Å². The Balaban J connectivity index is 1.66. The van der Waals surface area contributed by atoms with E-state index in [0.717, 1.165) is 17.4 Å². The molecule has 0 radical (unpaired) electrons. The lowest BCUT2D eigenvalue weighted by atomic mass is 9.86. The van der Waals surface area contributed by atoms with Gasteiger partial charge >= 0.3 is 0 Å². The zero-order valence-corrected chi connectivity index (χ0v) is 14.8. The fourth-order valence-corrected chi connectivity index (χ4v) is 3.72. The van der Waals surface area contributed by atoms with Gasteiger partial charge in [-0.15, -0.1) is 0 Å². The Kier molecular flexibility index (Phi) is 5.87. The molecule has 5 heteroatoms. The number of aromatic nitrogens is 1. The predicted octanol–water partition coefficient (Wildman–Crippen LogP) is 3.97. The molecule has 1 amide bonds. The Morgan fingerprint density at radius 2 is 2.04 bits per heavy atom. The van der Waals surface area contributed by atoms with Crippen molar-refractivity contribution in [3.05, 3.63) is 40.2 Å². The average molecular weight is 342 g/mol. The van der Waals surface area contributed by atoms with E-state index >= 15 is 0 Å². The molecule has 0 unspecified atom stereocenters. The SMILES string of the molecule is COCc1cc(=O)[nH]c2cc(NC(=O)CCC3CCCCC3)ccc12. The molecule has 5 nitrogen and oxygen atoms in total. The van der Waals surface area contributed by atoms with Crippen molar-refractivity contribution < 1.29 is 9.53 Å². The molecule has 1 aliphatic rings. The van der Waals surface area contributed by atoms with E-state index in [1.807, 2.05) is 18.2 Å². The maximum atomic E-state index is 12.2. The number of H-pyrrole nitrogens is 1. The summed E-state index contributed by atoms with van der Waals surface area (Å²) in [6.07, 6.45) is 7.97. The highest BCUT2D eigenvalue weighted by atomic mass is 16.5. The third-order valence-electron chi connectivity index (χ3n) is 5.02. The van der Waals surface area contributed by atoms with Gasteiger partial charge in [0.15, 0.2) is 0 Å². The van der Waals surface area contributed by atoms with Crippen molar-refractivity contribution in [1.82, 2.24) is 4.98 Å². The first-order chi connectivity index (χ1) is 12.2. The molecule has 0 saturated heterocycles. The summed E-state index contributed by atoms with van der Waals surface area (Å²) < 4.78 is 5.15. The van der Waals surface area contributed by atoms with Crippen molar-refractivity contribution in [2.75, 3.05) is 12.4 Å². The summed E-state index contributed by atoms with van der Waals surface area (Å²) in [5.74, 6) is 0.740. The zero-order chi connectivity index (χ0) is 17.6. The first kappa shape index (κ1) is 17.7. The molecule has 1 aromatic heterocycles. The lowest BCUT2D eigenvalue weighted by Gasteiger charge is -2.21. The molecule has 1 fully saturated rings. The lowest BCUT2D eigenvalue weighted by molar-refractivity contribution is -0.116. The maximum absolute atomic E-state index is 12.2. The average Bonchev–Trinajstić information content (AvgIpc) is 2.61. The molecule has 1 saturated carbocycles. The number of pyridine rings is 1. The monoisotopic (exact) mass is 342 g/mol. The van der Waals surface area contributed by atoms with Gasteiger partial charge in [0.2, 0.25) is 11.5 Å². The van der Waals surface area contributed by atoms with Crippen LogP contribution >= 0.6 is 0 Å². The van der Waals surface area contributed by atoms with Gasteiger partial charge in [0.1, 0.15) is 0 Å². The number of amides is 1. The third-order valence-corrected chi connectivity index (χ3v) is 5.02. The summed E-state index contributed by atoms with van der Waals surface area (Å²) in [7, 11) is 1.61. The Morgan fingerprint density at radius 1 is 1.24 bits per heavy atom. The quantitative estimate of drug-likeness (QED) is 0.834. The van der Waals surface area contributed by atoms with E-state index in [1.165, 1.54) is 32.1 Å². The van der Waals surface area contributed by atoms with Gasteiger partial charge in [-0.2, -0.15) is 0 Å². The standard InChI is InChI=1S/C20H26N2O3/c1-25-13-15-11-20(24)22-18-12-16(8-9-17(15)18)21-19(23)10-7-14-5-3-2-4-6-14/h8-9,11-12,14H,2-7,10,13H2,1H3,(H,21,23)(H,22,24). The van der Waals surface area contributed by atoms with E-state index in [4.69, 9.17) is 4.74 Å². The molecule has 2 aromatic rings. The summed E-state index contributed by atoms with van der Waals surface area (Å²) in [4.78, 5) is 26.8. The minimum absolute atomic E-state index is 0.0420. The van der Waals surface area contributed by atoms with Crippen LogP contribution in [0.15, 0.2) is 29.1 Å². The van der Waals surface area contributed by atoms with Gasteiger partial charge in [-0.05, 0) is 30.0 Å². The number of anilines is 1. The second kappa shape index (κ2) is 8.30. The number of carbonyl (C=O) groups excluding carboxylic acids is 1. The van der Waals surface area contributed by atoms with Crippen LogP contribution in [0, 0.1) is 5.92 Å². The molecule has 1 heterocycles. The van der Waals surface area contributed by atoms with E-state index < -0.39 is 0 Å². The summed E-state index contributed by atoms with van der Waals surface area (Å²) in [6, 6.07) is 7.15. The molecule has 0 aliphatic heterocycles. The van der Waals surface area contributed by atoms with E-state index in [9.17, 15) is 9.59 Å². The molecule has 2 N–H and O–H groups in total. The summed E-state index contributed by atoms with van der Waals surface area (Å²) in [6.45, 7) is 0.382. The summed E-state index contributed by atoms with van der Waals surface area (Å²) in [5, 5.41) is 3.88. The number of hydrogen-bond donors (Lipinski definition) is 2. The van der Waals surface area contributed by atoms with E-state index in [1.54, 1.807) is 13.2 Å². The van der Waals surface area contributed by atoms with Crippen molar-refractivity contribution in [1.29, 1.82) is 0 Å². The van der Waals surface area contributed by atoms with Crippen LogP contribution in [0.25, 0.3) is 10.9 Å². The second-order valence-electron chi connectivity index (χ2n) is 6.94. The number of aromatic amines is 1. The third kappa shape index (κ3) is 4.69. The van der Waals surface area contributed by atoms with Gasteiger partial charge in [0, 0.05) is 30.7 Å². The van der Waals surface area contributed by atoms with Crippen molar-refractivity contribution >= 4 is 22.5 Å². The fourth-order valence-electron chi connectivity index (χ4n) is 3.72. The molecule has 3 rings (SSSR count). The zero-order valence-electron chi connectivity index (χ0n) is 14.8. The van der Waals surface area contributed by atoms with Crippen LogP contribution < -0.4 is 10.9 Å². The lowest BCUT2D eigenvalue weighted by Crippen LogP contribution is -2.15. The highest BCUT2D eigenvalue weighted by molar-refractivity contribution is 5.94. The minimum atomic E-state index is -0.166. The topological polar surface area (TPSA) is 71.2 Å². The van der Waals surface area contributed by atoms with Gasteiger partial charge in [0.25, 0.3) is 0 Å². The molecule has 1 aliphatic carbocycles. The summed E-state index contributed by atoms with van der Waals surface area (Å²) in [5.41, 5.74) is 2.10. The highest BCUT2D eigenvalue weighted by Gasteiger charge is 2.15. The molecule has 134 valence electrons. The number of nitrogens with one attached hydrogen (secondary N) is 2. The molecule has 25 heavy (non-hydrogen) atoms. The van der Waals surface area contributed by atoms with Crippen molar-refractivity contribution in [3.63, 3.8) is 0 Å². The largest absolute Gasteiger partial charge is 0.380 e. The van der Waals surface area contributed by atoms with Gasteiger partial charge < -0.3 is 15.0 Å². The number of benzene rings is 1. The van der Waals surface area contributed by atoms with Crippen LogP contribution in [-0.2, 0) is 16.1 Å². The van der Waals surface area contributed by atoms with Crippen LogP contribution in [-0.4, -0.2) is 18.0 Å². The maximum Gasteiger partial charge on any atom is 0.248 e. The van der Waals surface area contributed by atoms with Crippen LogP contribution in [0.2, 0.25) is 0 Å². The molecule has 1 aromatic carbocycles. The molecular weight excluding hydrogens is 316 g/mol. The normalized spacial score (nSPS) is 15.4. The summed E-state index contributed by atoms with van der Waals surface area (Å²) >= 11 is 0. The van der Waals surface area contributed by atoms with Crippen LogP contribution in [0.1, 0.15) is 50.5 Å². The second-order valence-corrected chi connectivity index (χ2v) is 6.94. The van der Waals surface area contributed by atoms with Crippen LogP contribution in [0.4, 0.5) is 5.69 Å².